The Morgan fingerprint density at radius 3 is 0.680 bits per heavy atom. The molecule has 0 bridgehead atoms. The summed E-state index contributed by atoms with van der Waals surface area (Å²) in [5.74, 6) is 0. The van der Waals surface area contributed by atoms with Crippen LogP contribution >= 0.6 is 15.6 Å². The molecular formula is H8K2N2O18P2S. The van der Waals surface area contributed by atoms with Crippen molar-refractivity contribution in [1.29, 1.82) is 0 Å². The van der Waals surface area contributed by atoms with Gasteiger partial charge < -0.3 is 48.9 Å². The van der Waals surface area contributed by atoms with Gasteiger partial charge in [0.1, 0.15) is 0 Å². The molecular weight excluding hydrogens is 488 g/mol. The van der Waals surface area contributed by atoms with Crippen LogP contribution in [0.1, 0.15) is 0 Å². The Morgan fingerprint density at radius 1 is 0.680 bits per heavy atom. The van der Waals surface area contributed by atoms with E-state index in [1.165, 1.54) is 0 Å². The maximum absolute atomic E-state index is 8.88. The Morgan fingerprint density at radius 2 is 0.680 bits per heavy atom. The van der Waals surface area contributed by atoms with Crippen molar-refractivity contribution in [2.45, 2.75) is 0 Å². The fourth-order valence-corrected chi connectivity index (χ4v) is 0. The molecule has 0 saturated heterocycles. The molecule has 0 radical (unpaired) electrons. The van der Waals surface area contributed by atoms with Crippen LogP contribution in [0.2, 0.25) is 0 Å². The average Bonchev–Trinajstić information content (AvgIpc) is 1.85. The van der Waals surface area contributed by atoms with E-state index in [9.17, 15) is 0 Å². The largest absolute Gasteiger partial charge is 1.00 e. The number of phosphoric acid groups is 2. The van der Waals surface area contributed by atoms with Crippen molar-refractivity contribution in [2.75, 3.05) is 0 Å². The van der Waals surface area contributed by atoms with E-state index < -0.39 is 36.2 Å². The molecule has 8 N–H and O–H groups in total. The predicted molar refractivity (Wildman–Crippen MR) is 56.6 cm³/mol. The van der Waals surface area contributed by atoms with E-state index >= 15 is 0 Å². The zero-order valence-electron chi connectivity index (χ0n) is 11.9. The normalized spacial score (nSPS) is 8.96. The molecule has 0 saturated carbocycles. The minimum atomic E-state index is -5.17. The second-order valence-electron chi connectivity index (χ2n) is 1.91. The van der Waals surface area contributed by atoms with E-state index in [0.29, 0.717) is 0 Å². The molecule has 0 aromatic carbocycles. The summed E-state index contributed by atoms with van der Waals surface area (Å²) >= 11 is 0. The smallest absolute Gasteiger partial charge is 0.759 e. The summed E-state index contributed by atoms with van der Waals surface area (Å²) in [6.45, 7) is 0. The number of hydrogen-bond acceptors (Lipinski definition) is 10. The number of rotatable bonds is 0. The van der Waals surface area contributed by atoms with Gasteiger partial charge in [0.05, 0.1) is 0 Å². The van der Waals surface area contributed by atoms with Crippen molar-refractivity contribution < 1.29 is 179 Å². The Kier molecular flexibility index (Phi) is 43.3. The molecule has 0 rings (SSSR count). The van der Waals surface area contributed by atoms with Crippen molar-refractivity contribution in [2.24, 2.45) is 0 Å². The van der Waals surface area contributed by atoms with Gasteiger partial charge in [0.2, 0.25) is 0 Å². The van der Waals surface area contributed by atoms with E-state index in [-0.39, 0.29) is 103 Å². The van der Waals surface area contributed by atoms with Crippen molar-refractivity contribution >= 4 is 26.0 Å². The Labute approximate surface area is 222 Å². The Hall–Kier alpha value is 1.76. The van der Waals surface area contributed by atoms with Crippen molar-refractivity contribution in [3.63, 3.8) is 0 Å². The second-order valence-corrected chi connectivity index (χ2v) is 4.78. The van der Waals surface area contributed by atoms with Gasteiger partial charge in [0.25, 0.3) is 10.2 Å². The molecule has 0 aromatic rings. The van der Waals surface area contributed by atoms with E-state index in [1.54, 1.807) is 0 Å². The molecule has 20 nitrogen and oxygen atoms in total. The van der Waals surface area contributed by atoms with Crippen LogP contribution in [-0.2, 0) is 19.5 Å². The van der Waals surface area contributed by atoms with Gasteiger partial charge in [-0.3, -0.25) is 8.42 Å². The number of hydrogen-bond donors (Lipinski definition) is 8. The van der Waals surface area contributed by atoms with Crippen LogP contribution in [0, 0.1) is 20.2 Å². The minimum absolute atomic E-state index is 0. The third-order valence-corrected chi connectivity index (χ3v) is 0. The first kappa shape index (κ1) is 45.5. The summed E-state index contributed by atoms with van der Waals surface area (Å²) in [6, 6.07) is 0. The molecule has 0 spiro atoms. The first-order valence-electron chi connectivity index (χ1n) is 3.36. The van der Waals surface area contributed by atoms with E-state index in [2.05, 4.69) is 0 Å². The molecule has 0 amide bonds. The van der Waals surface area contributed by atoms with Crippen LogP contribution in [0.25, 0.3) is 0 Å². The summed E-state index contributed by atoms with van der Waals surface area (Å²) in [4.78, 5) is 59.8. The van der Waals surface area contributed by atoms with Gasteiger partial charge in [-0.15, -0.1) is 20.2 Å². The van der Waals surface area contributed by atoms with Crippen molar-refractivity contribution in [1.82, 2.24) is 0 Å². The van der Waals surface area contributed by atoms with Gasteiger partial charge in [-0.25, -0.2) is 9.13 Å². The van der Waals surface area contributed by atoms with E-state index in [4.69, 9.17) is 86.7 Å². The van der Waals surface area contributed by atoms with Crippen LogP contribution in [0.3, 0.4) is 0 Å². The first-order valence-corrected chi connectivity index (χ1v) is 7.83. The number of nitrogens with zero attached hydrogens (tertiary/aromatic N) is 2. The molecule has 0 aromatic heterocycles. The molecule has 0 aliphatic heterocycles. The molecule has 0 aliphatic carbocycles. The maximum Gasteiger partial charge on any atom is 1.00 e. The molecule has 0 aliphatic rings. The van der Waals surface area contributed by atoms with E-state index in [1.807, 2.05) is 0 Å². The predicted octanol–water partition coefficient (Wildman–Crippen LogP) is -9.88. The van der Waals surface area contributed by atoms with Gasteiger partial charge in [0, 0.05) is 10.4 Å². The van der Waals surface area contributed by atoms with Crippen molar-refractivity contribution in [3.05, 3.63) is 20.2 Å². The molecule has 25 heavy (non-hydrogen) atoms. The zero-order chi connectivity index (χ0) is 20.7. The maximum atomic E-state index is 8.88. The molecule has 0 atom stereocenters. The quantitative estimate of drug-likeness (QED) is 0.0385. The van der Waals surface area contributed by atoms with Crippen LogP contribution in [0.15, 0.2) is 0 Å². The fraction of sp³-hybridized carbons (Fsp3) is 0. The van der Waals surface area contributed by atoms with E-state index in [0.717, 1.165) is 0 Å². The third kappa shape index (κ3) is 4680. The second kappa shape index (κ2) is 23.8. The van der Waals surface area contributed by atoms with Gasteiger partial charge in [0.15, 0.2) is 0 Å². The van der Waals surface area contributed by atoms with Crippen LogP contribution < -0.4 is 103 Å². The van der Waals surface area contributed by atoms with Crippen LogP contribution in [-0.4, -0.2) is 67.5 Å². The molecule has 0 unspecified atom stereocenters. The SMILES string of the molecule is O=P(O)(O)O.O=P(O)(O)O.O=S(=O)([O-])[O-].O=[N+]([O-])O.O=[N+]([O-])O.[K+].[K+]. The summed E-state index contributed by atoms with van der Waals surface area (Å²) in [5.41, 5.74) is 0. The average molecular weight is 496 g/mol. The summed E-state index contributed by atoms with van der Waals surface area (Å²) in [5, 5.41) is 27.3. The molecule has 0 fully saturated rings. The van der Waals surface area contributed by atoms with Crippen LogP contribution in [0.5, 0.6) is 0 Å². The first-order chi connectivity index (χ1) is 9.46. The van der Waals surface area contributed by atoms with Crippen LogP contribution in [0.4, 0.5) is 0 Å². The van der Waals surface area contributed by atoms with Gasteiger partial charge >= 0.3 is 118 Å². The molecule has 0 heterocycles. The molecule has 144 valence electrons. The Balaban J connectivity index is -0.0000000319. The summed E-state index contributed by atoms with van der Waals surface area (Å²) < 4.78 is 51.8. The molecule has 25 heteroatoms. The zero-order valence-corrected chi connectivity index (χ0v) is 20.7. The topological polar surface area (TPSA) is 363 Å². The monoisotopic (exact) mass is 496 g/mol. The van der Waals surface area contributed by atoms with Gasteiger partial charge in [-0.1, -0.05) is 0 Å². The van der Waals surface area contributed by atoms with Crippen molar-refractivity contribution in [3.8, 4) is 0 Å². The van der Waals surface area contributed by atoms with Gasteiger partial charge in [-0.2, -0.15) is 0 Å². The fourth-order valence-electron chi connectivity index (χ4n) is 0. The summed E-state index contributed by atoms with van der Waals surface area (Å²) in [7, 11) is -14.4. The summed E-state index contributed by atoms with van der Waals surface area (Å²) in [6.07, 6.45) is 0. The standard InChI is InChI=1S/2K.2HNO3.2H3O4P.H2O4S/c;;2*2-1(3)4;3*1-5(2,3)4/h;;2*(H,2,3,4);2*(H3,1,2,3,4);(H2,1,2,3,4)/q2*+1;;;;;/p-2. The Bertz CT molecular complexity index is 435. The third-order valence-electron chi connectivity index (χ3n) is 0. The minimum Gasteiger partial charge on any atom is -0.759 e. The van der Waals surface area contributed by atoms with Gasteiger partial charge in [-0.05, 0) is 0 Å².